The summed E-state index contributed by atoms with van der Waals surface area (Å²) in [6.45, 7) is 8.42. The summed E-state index contributed by atoms with van der Waals surface area (Å²) in [6.07, 6.45) is 3.38. The van der Waals surface area contributed by atoms with Crippen LogP contribution in [0.25, 0.3) is 22.8 Å². The Kier molecular flexibility index (Phi) is 13.0. The molecular formula is C19H15FN6O2Os-2. The molecule has 0 saturated carbocycles. The van der Waals surface area contributed by atoms with Gasteiger partial charge in [-0.1, -0.05) is 29.6 Å². The first-order valence-corrected chi connectivity index (χ1v) is 7.65. The topological polar surface area (TPSA) is 114 Å². The fraction of sp³-hybridized carbons (Fsp3) is 0.0526. The van der Waals surface area contributed by atoms with Crippen LogP contribution in [-0.2, 0) is 29.4 Å². The standard InChI is InChI=1S/C9H8N3.C8H5FN3.2CHO.Os/c1-7-6-9(12-11-7)8-4-2-3-5-10-8;9-8-5-7(11-12-8)6-3-1-2-4-10-6;2*1-2;/h2-6H,1H3;1-5H;2*1H;/q4*-1;+2. The molecule has 29 heavy (non-hydrogen) atoms. The molecule has 8 nitrogen and oxygen atoms in total. The van der Waals surface area contributed by atoms with Gasteiger partial charge in [0.05, 0.1) is 0 Å². The predicted octanol–water partition coefficient (Wildman–Crippen LogP) is 2.10. The van der Waals surface area contributed by atoms with Crippen molar-refractivity contribution in [3.05, 3.63) is 72.6 Å². The van der Waals surface area contributed by atoms with Crippen molar-refractivity contribution in [1.29, 1.82) is 0 Å². The van der Waals surface area contributed by atoms with Crippen LogP contribution in [-0.4, -0.2) is 33.7 Å². The summed E-state index contributed by atoms with van der Waals surface area (Å²) >= 11 is 0. The van der Waals surface area contributed by atoms with Crippen molar-refractivity contribution in [3.8, 4) is 22.8 Å². The van der Waals surface area contributed by atoms with Gasteiger partial charge in [0.15, 0.2) is 5.95 Å². The quantitative estimate of drug-likeness (QED) is 0.267. The van der Waals surface area contributed by atoms with Crippen LogP contribution in [0.4, 0.5) is 4.39 Å². The minimum absolute atomic E-state index is 0. The Morgan fingerprint density at radius 1 is 0.793 bits per heavy atom. The molecule has 10 heteroatoms. The summed E-state index contributed by atoms with van der Waals surface area (Å²) in [6, 6.07) is 14.3. The van der Waals surface area contributed by atoms with E-state index < -0.39 is 5.95 Å². The second-order valence-corrected chi connectivity index (χ2v) is 4.85. The van der Waals surface area contributed by atoms with Gasteiger partial charge in [0.2, 0.25) is 0 Å². The minimum atomic E-state index is -0.573. The zero-order valence-corrected chi connectivity index (χ0v) is 17.7. The molecule has 0 aliphatic carbocycles. The molecule has 0 aromatic carbocycles. The number of rotatable bonds is 2. The summed E-state index contributed by atoms with van der Waals surface area (Å²) in [7, 11) is 0. The van der Waals surface area contributed by atoms with Gasteiger partial charge in [0.1, 0.15) is 0 Å². The number of nitrogens with zero attached hydrogens (tertiary/aromatic N) is 6. The molecule has 0 bridgehead atoms. The first-order valence-electron chi connectivity index (χ1n) is 7.65. The Morgan fingerprint density at radius 2 is 1.28 bits per heavy atom. The third-order valence-corrected chi connectivity index (χ3v) is 3.02. The fourth-order valence-corrected chi connectivity index (χ4v) is 1.94. The van der Waals surface area contributed by atoms with Gasteiger partial charge in [-0.3, -0.25) is 23.5 Å². The van der Waals surface area contributed by atoms with Crippen molar-refractivity contribution >= 4 is 13.6 Å². The van der Waals surface area contributed by atoms with Crippen LogP contribution in [0.1, 0.15) is 5.69 Å². The summed E-state index contributed by atoms with van der Waals surface area (Å²) in [5.74, 6) is -0.573. The van der Waals surface area contributed by atoms with Crippen molar-refractivity contribution in [2.45, 2.75) is 6.92 Å². The molecule has 4 rings (SSSR count). The Bertz CT molecular complexity index is 856. The molecule has 4 heterocycles. The van der Waals surface area contributed by atoms with E-state index in [-0.39, 0.29) is 19.8 Å². The summed E-state index contributed by atoms with van der Waals surface area (Å²) in [5, 5.41) is 14.7. The van der Waals surface area contributed by atoms with Crippen LogP contribution in [0.15, 0.2) is 60.9 Å². The normalized spacial score (nSPS) is 8.62. The SMILES string of the molecule is Cc1cc(-c2ccccn2)[n-]n1.Fc1cc(-c2ccccn2)[n-]n1.[CH-]=O.[CH-]=O.[Os+2]. The predicted molar refractivity (Wildman–Crippen MR) is 99.8 cm³/mol. The maximum Gasteiger partial charge on any atom is 2.00 e. The summed E-state index contributed by atoms with van der Waals surface area (Å²) in [4.78, 5) is 23.7. The van der Waals surface area contributed by atoms with Crippen LogP contribution < -0.4 is 10.2 Å². The van der Waals surface area contributed by atoms with E-state index in [1.54, 1.807) is 24.5 Å². The van der Waals surface area contributed by atoms with Crippen LogP contribution in [0.2, 0.25) is 0 Å². The second kappa shape index (κ2) is 14.7. The number of aryl methyl sites for hydroxylation is 1. The third-order valence-electron chi connectivity index (χ3n) is 3.02. The monoisotopic (exact) mass is 570 g/mol. The first kappa shape index (κ1) is 25.6. The van der Waals surface area contributed by atoms with Gasteiger partial charge < -0.3 is 30.0 Å². The van der Waals surface area contributed by atoms with Crippen molar-refractivity contribution in [3.63, 3.8) is 0 Å². The molecule has 0 aliphatic heterocycles. The molecule has 0 spiro atoms. The summed E-state index contributed by atoms with van der Waals surface area (Å²) < 4.78 is 12.4. The molecular weight excluding hydrogens is 553 g/mol. The van der Waals surface area contributed by atoms with Gasteiger partial charge in [-0.2, -0.15) is 4.39 Å². The zero-order valence-electron chi connectivity index (χ0n) is 15.2. The molecule has 150 valence electrons. The Balaban J connectivity index is 0.000000449. The zero-order chi connectivity index (χ0) is 20.8. The molecule has 0 atom stereocenters. The van der Waals surface area contributed by atoms with E-state index in [1.807, 2.05) is 37.3 Å². The molecule has 4 aromatic rings. The van der Waals surface area contributed by atoms with Gasteiger partial charge >= 0.3 is 19.8 Å². The number of hydrogen-bond donors (Lipinski definition) is 0. The Morgan fingerprint density at radius 3 is 1.62 bits per heavy atom. The molecule has 0 fully saturated rings. The Hall–Kier alpha value is -3.37. The Labute approximate surface area is 180 Å². The number of halogens is 1. The average Bonchev–Trinajstić information content (AvgIpc) is 3.41. The van der Waals surface area contributed by atoms with Crippen LogP contribution in [0, 0.1) is 12.9 Å². The smallest absolute Gasteiger partial charge is 0.574 e. The van der Waals surface area contributed by atoms with Crippen LogP contribution in [0.3, 0.4) is 0 Å². The third kappa shape index (κ3) is 8.45. The van der Waals surface area contributed by atoms with E-state index in [0.717, 1.165) is 17.1 Å². The molecule has 0 N–H and O–H groups in total. The van der Waals surface area contributed by atoms with Crippen molar-refractivity contribution in [1.82, 2.24) is 30.4 Å². The number of carbonyl (C=O) groups excluding carboxylic acids is 2. The van der Waals surface area contributed by atoms with E-state index in [2.05, 4.69) is 43.9 Å². The van der Waals surface area contributed by atoms with Crippen molar-refractivity contribution in [2.24, 2.45) is 0 Å². The fourth-order valence-electron chi connectivity index (χ4n) is 1.94. The van der Waals surface area contributed by atoms with E-state index in [1.165, 1.54) is 6.07 Å². The van der Waals surface area contributed by atoms with Crippen molar-refractivity contribution in [2.75, 3.05) is 0 Å². The molecule has 0 radical (unpaired) electrons. The number of pyridine rings is 2. The van der Waals surface area contributed by atoms with Crippen LogP contribution in [0.5, 0.6) is 0 Å². The number of hydrogen-bond acceptors (Lipinski definition) is 6. The maximum absolute atomic E-state index is 12.4. The van der Waals surface area contributed by atoms with Crippen LogP contribution >= 0.6 is 0 Å². The van der Waals surface area contributed by atoms with E-state index in [9.17, 15) is 4.39 Å². The minimum Gasteiger partial charge on any atom is -0.574 e. The van der Waals surface area contributed by atoms with E-state index in [0.29, 0.717) is 11.4 Å². The van der Waals surface area contributed by atoms with Gasteiger partial charge in [-0.05, 0) is 37.3 Å². The van der Waals surface area contributed by atoms with E-state index >= 15 is 0 Å². The molecule has 0 amide bonds. The maximum atomic E-state index is 12.4. The molecule has 0 saturated heterocycles. The summed E-state index contributed by atoms with van der Waals surface area (Å²) in [5.41, 5.74) is 3.74. The molecule has 4 aromatic heterocycles. The second-order valence-electron chi connectivity index (χ2n) is 4.85. The van der Waals surface area contributed by atoms with Crippen molar-refractivity contribution < 1.29 is 33.8 Å². The number of aromatic nitrogens is 6. The first-order chi connectivity index (χ1) is 13.7. The van der Waals surface area contributed by atoms with Gasteiger partial charge in [-0.15, -0.1) is 0 Å². The molecule has 0 unspecified atom stereocenters. The van der Waals surface area contributed by atoms with Gasteiger partial charge in [-0.25, -0.2) is 0 Å². The van der Waals surface area contributed by atoms with Gasteiger partial charge in [0, 0.05) is 29.5 Å². The molecule has 0 aliphatic rings. The largest absolute Gasteiger partial charge is 2.00 e. The van der Waals surface area contributed by atoms with E-state index in [4.69, 9.17) is 9.59 Å². The average molecular weight is 569 g/mol. The van der Waals surface area contributed by atoms with Gasteiger partial charge in [0.25, 0.3) is 0 Å².